The molecule has 16 heavy (non-hydrogen) atoms. The first-order chi connectivity index (χ1) is 7.86. The van der Waals surface area contributed by atoms with Gasteiger partial charge >= 0.3 is 0 Å². The van der Waals surface area contributed by atoms with Gasteiger partial charge in [-0.15, -0.1) is 0 Å². The summed E-state index contributed by atoms with van der Waals surface area (Å²) in [4.78, 5) is 12.2. The standard InChI is InChI=1S/C15H14O/c16-15-13-9-5-4-8-12(13)10-14(15)11-6-2-1-3-7-11/h2,4-6,8-11H,1,3,7H2/t11-/m0/s1. The van der Waals surface area contributed by atoms with Crippen LogP contribution in [0.15, 0.2) is 42.0 Å². The van der Waals surface area contributed by atoms with Gasteiger partial charge in [-0.25, -0.2) is 0 Å². The second-order valence-electron chi connectivity index (χ2n) is 4.48. The Balaban J connectivity index is 1.98. The molecule has 0 saturated carbocycles. The van der Waals surface area contributed by atoms with Crippen molar-refractivity contribution in [2.24, 2.45) is 5.92 Å². The van der Waals surface area contributed by atoms with Crippen molar-refractivity contribution in [3.05, 3.63) is 53.1 Å². The fourth-order valence-corrected chi connectivity index (χ4v) is 2.57. The number of carbonyl (C=O) groups is 1. The SMILES string of the molecule is O=C1C([C@H]2C=CCCC2)=Cc2ccccc21. The van der Waals surface area contributed by atoms with Crippen molar-refractivity contribution in [1.29, 1.82) is 0 Å². The molecule has 1 heteroatoms. The Bertz CT molecular complexity index is 494. The lowest BCUT2D eigenvalue weighted by Crippen LogP contribution is -2.10. The number of allylic oxidation sites excluding steroid dienone is 3. The minimum atomic E-state index is 0.229. The van der Waals surface area contributed by atoms with Crippen molar-refractivity contribution in [1.82, 2.24) is 0 Å². The van der Waals surface area contributed by atoms with E-state index in [-0.39, 0.29) is 5.78 Å². The Morgan fingerprint density at radius 1 is 1.19 bits per heavy atom. The summed E-state index contributed by atoms with van der Waals surface area (Å²) in [6, 6.07) is 7.87. The second-order valence-corrected chi connectivity index (χ2v) is 4.48. The highest BCUT2D eigenvalue weighted by Gasteiger charge is 2.27. The van der Waals surface area contributed by atoms with Crippen molar-refractivity contribution < 1.29 is 4.79 Å². The number of Topliss-reactive ketones (excluding diaryl/α,β-unsaturated/α-hetero) is 1. The molecule has 1 aromatic carbocycles. The molecular formula is C15H14O. The Morgan fingerprint density at radius 3 is 2.81 bits per heavy atom. The van der Waals surface area contributed by atoms with Crippen LogP contribution in [0.2, 0.25) is 0 Å². The number of rotatable bonds is 1. The first-order valence-corrected chi connectivity index (χ1v) is 5.88. The van der Waals surface area contributed by atoms with E-state index >= 15 is 0 Å². The summed E-state index contributed by atoms with van der Waals surface area (Å²) >= 11 is 0. The summed E-state index contributed by atoms with van der Waals surface area (Å²) in [5.74, 6) is 0.570. The van der Waals surface area contributed by atoms with Crippen molar-refractivity contribution >= 4 is 11.9 Å². The van der Waals surface area contributed by atoms with E-state index in [1.165, 1.54) is 6.42 Å². The lowest BCUT2D eigenvalue weighted by atomic mass is 9.87. The topological polar surface area (TPSA) is 17.1 Å². The summed E-state index contributed by atoms with van der Waals surface area (Å²) < 4.78 is 0. The van der Waals surface area contributed by atoms with Gasteiger partial charge in [-0.3, -0.25) is 4.79 Å². The third kappa shape index (κ3) is 1.44. The minimum absolute atomic E-state index is 0.229. The quantitative estimate of drug-likeness (QED) is 0.647. The summed E-state index contributed by atoms with van der Waals surface area (Å²) in [7, 11) is 0. The predicted octanol–water partition coefficient (Wildman–Crippen LogP) is 3.62. The molecule has 1 nitrogen and oxygen atoms in total. The number of carbonyl (C=O) groups excluding carboxylic acids is 1. The zero-order valence-electron chi connectivity index (χ0n) is 9.15. The van der Waals surface area contributed by atoms with E-state index in [1.54, 1.807) is 0 Å². The molecule has 0 amide bonds. The van der Waals surface area contributed by atoms with Gasteiger partial charge in [0.1, 0.15) is 0 Å². The predicted molar refractivity (Wildman–Crippen MR) is 65.2 cm³/mol. The molecule has 2 aliphatic rings. The Kier molecular flexibility index (Phi) is 2.24. The maximum atomic E-state index is 12.2. The van der Waals surface area contributed by atoms with E-state index in [4.69, 9.17) is 0 Å². The van der Waals surface area contributed by atoms with Crippen LogP contribution in [0.4, 0.5) is 0 Å². The Labute approximate surface area is 95.5 Å². The monoisotopic (exact) mass is 210 g/mol. The Hall–Kier alpha value is -1.63. The van der Waals surface area contributed by atoms with E-state index < -0.39 is 0 Å². The number of benzene rings is 1. The molecule has 0 fully saturated rings. The molecule has 0 radical (unpaired) electrons. The highest BCUT2D eigenvalue weighted by molar-refractivity contribution is 6.18. The van der Waals surface area contributed by atoms with Gasteiger partial charge in [0, 0.05) is 17.1 Å². The molecular weight excluding hydrogens is 196 g/mol. The normalized spacial score (nSPS) is 23.1. The van der Waals surface area contributed by atoms with Crippen LogP contribution in [0, 0.1) is 5.92 Å². The largest absolute Gasteiger partial charge is 0.289 e. The number of fused-ring (bicyclic) bond motifs is 1. The van der Waals surface area contributed by atoms with Crippen LogP contribution < -0.4 is 0 Å². The first-order valence-electron chi connectivity index (χ1n) is 5.88. The molecule has 0 aliphatic heterocycles. The Morgan fingerprint density at radius 2 is 2.06 bits per heavy atom. The van der Waals surface area contributed by atoms with Gasteiger partial charge in [-0.05, 0) is 30.9 Å². The van der Waals surface area contributed by atoms with Gasteiger partial charge in [-0.1, -0.05) is 36.4 Å². The van der Waals surface area contributed by atoms with Gasteiger partial charge in [0.25, 0.3) is 0 Å². The van der Waals surface area contributed by atoms with Gasteiger partial charge in [0.15, 0.2) is 5.78 Å². The first kappa shape index (κ1) is 9.59. The summed E-state index contributed by atoms with van der Waals surface area (Å²) in [6.45, 7) is 0. The van der Waals surface area contributed by atoms with Crippen molar-refractivity contribution in [2.45, 2.75) is 19.3 Å². The molecule has 0 bridgehead atoms. The van der Waals surface area contributed by atoms with Crippen molar-refractivity contribution in [3.8, 4) is 0 Å². The minimum Gasteiger partial charge on any atom is -0.289 e. The maximum Gasteiger partial charge on any atom is 0.190 e. The highest BCUT2D eigenvalue weighted by Crippen LogP contribution is 2.34. The molecule has 0 unspecified atom stereocenters. The molecule has 0 heterocycles. The molecule has 0 aromatic heterocycles. The van der Waals surface area contributed by atoms with Gasteiger partial charge < -0.3 is 0 Å². The van der Waals surface area contributed by atoms with E-state index in [9.17, 15) is 4.79 Å². The average Bonchev–Trinajstić information content (AvgIpc) is 2.69. The lowest BCUT2D eigenvalue weighted by molar-refractivity contribution is 0.102. The second kappa shape index (κ2) is 3.75. The summed E-state index contributed by atoms with van der Waals surface area (Å²) in [5.41, 5.74) is 2.94. The molecule has 3 rings (SSSR count). The molecule has 1 atom stereocenters. The average molecular weight is 210 g/mol. The maximum absolute atomic E-state index is 12.2. The fourth-order valence-electron chi connectivity index (χ4n) is 2.57. The summed E-state index contributed by atoms with van der Waals surface area (Å²) in [5, 5.41) is 0. The molecule has 0 N–H and O–H groups in total. The van der Waals surface area contributed by atoms with Gasteiger partial charge in [-0.2, -0.15) is 0 Å². The molecule has 2 aliphatic carbocycles. The van der Waals surface area contributed by atoms with E-state index in [0.717, 1.165) is 29.5 Å². The van der Waals surface area contributed by atoms with Crippen LogP contribution >= 0.6 is 0 Å². The smallest absolute Gasteiger partial charge is 0.190 e. The molecule has 1 aromatic rings. The molecule has 80 valence electrons. The van der Waals surface area contributed by atoms with E-state index in [1.807, 2.05) is 24.3 Å². The van der Waals surface area contributed by atoms with Crippen LogP contribution in [0.5, 0.6) is 0 Å². The van der Waals surface area contributed by atoms with Crippen molar-refractivity contribution in [2.75, 3.05) is 0 Å². The van der Waals surface area contributed by atoms with Crippen LogP contribution in [0.3, 0.4) is 0 Å². The number of hydrogen-bond donors (Lipinski definition) is 0. The molecule has 0 saturated heterocycles. The fraction of sp³-hybridized carbons (Fsp3) is 0.267. The van der Waals surface area contributed by atoms with Crippen LogP contribution in [0.25, 0.3) is 6.08 Å². The van der Waals surface area contributed by atoms with E-state index in [2.05, 4.69) is 18.2 Å². The zero-order chi connectivity index (χ0) is 11.0. The summed E-state index contributed by atoms with van der Waals surface area (Å²) in [6.07, 6.45) is 9.93. The van der Waals surface area contributed by atoms with E-state index in [0.29, 0.717) is 5.92 Å². The van der Waals surface area contributed by atoms with Crippen LogP contribution in [-0.4, -0.2) is 5.78 Å². The van der Waals surface area contributed by atoms with Gasteiger partial charge in [0.05, 0.1) is 0 Å². The van der Waals surface area contributed by atoms with Crippen LogP contribution in [0.1, 0.15) is 35.2 Å². The third-order valence-electron chi connectivity index (χ3n) is 3.43. The van der Waals surface area contributed by atoms with Crippen LogP contribution in [-0.2, 0) is 0 Å². The van der Waals surface area contributed by atoms with Crippen molar-refractivity contribution in [3.63, 3.8) is 0 Å². The lowest BCUT2D eigenvalue weighted by Gasteiger charge is -2.16. The number of ketones is 1. The number of hydrogen-bond acceptors (Lipinski definition) is 1. The zero-order valence-corrected chi connectivity index (χ0v) is 9.15. The van der Waals surface area contributed by atoms with Gasteiger partial charge in [0.2, 0.25) is 0 Å². The molecule has 0 spiro atoms. The highest BCUT2D eigenvalue weighted by atomic mass is 16.1. The third-order valence-corrected chi connectivity index (χ3v) is 3.43.